The molecule has 0 aliphatic rings. The fourth-order valence-electron chi connectivity index (χ4n) is 0.0500. The van der Waals surface area contributed by atoms with Gasteiger partial charge < -0.3 is 30.4 Å². The van der Waals surface area contributed by atoms with Gasteiger partial charge in [-0.05, 0) is 6.42 Å². The molecule has 0 aromatic rings. The smallest absolute Gasteiger partial charge is 0.402 e. The molecule has 6 nitrogen and oxygen atoms in total. The van der Waals surface area contributed by atoms with E-state index in [9.17, 15) is 0 Å². The quantitative estimate of drug-likeness (QED) is 0.320. The average Bonchev–Trinajstić information content (AvgIpc) is 2.17. The van der Waals surface area contributed by atoms with Gasteiger partial charge in [-0.3, -0.25) is 0 Å². The van der Waals surface area contributed by atoms with E-state index in [-0.39, 0.29) is 18.6 Å². The van der Waals surface area contributed by atoms with Crippen molar-refractivity contribution in [3.8, 4) is 0 Å². The van der Waals surface area contributed by atoms with Crippen molar-refractivity contribution < 1.29 is 30.4 Å². The van der Waals surface area contributed by atoms with Crippen molar-refractivity contribution in [2.75, 3.05) is 19.8 Å². The van der Waals surface area contributed by atoms with Gasteiger partial charge in [0.25, 0.3) is 0 Å². The van der Waals surface area contributed by atoms with Crippen LogP contribution >= 0.6 is 0 Å². The van der Waals surface area contributed by atoms with E-state index in [2.05, 4.69) is 0 Å². The zero-order chi connectivity index (χ0) is 12.9. The number of aliphatic hydroxyl groups excluding tert-OH is 3. The maximum Gasteiger partial charge on any atom is 0.631 e. The fraction of sp³-hybridized carbons (Fsp3) is 1.00. The van der Waals surface area contributed by atoms with E-state index in [1.54, 1.807) is 13.8 Å². The minimum atomic E-state index is -2.17. The summed E-state index contributed by atoms with van der Waals surface area (Å²) in [5, 5.41) is 46.2. The Morgan fingerprint density at radius 2 is 1.13 bits per heavy atom. The van der Waals surface area contributed by atoms with Crippen LogP contribution in [0, 0.1) is 5.41 Å². The van der Waals surface area contributed by atoms with Crippen LogP contribution in [0.5, 0.6) is 0 Å². The monoisotopic (exact) mass is 226 g/mol. The molecule has 0 bridgehead atoms. The summed E-state index contributed by atoms with van der Waals surface area (Å²) in [6, 6.07) is 0. The molecule has 0 unspecified atom stereocenters. The van der Waals surface area contributed by atoms with Gasteiger partial charge in [-0.25, -0.2) is 0 Å². The lowest BCUT2D eigenvalue weighted by molar-refractivity contribution is 0.0857. The topological polar surface area (TPSA) is 121 Å². The summed E-state index contributed by atoms with van der Waals surface area (Å²) < 4.78 is 0. The maximum atomic E-state index is 8.43. The molecular weight excluding hydrogens is 203 g/mol. The summed E-state index contributed by atoms with van der Waals surface area (Å²) in [5.74, 6) is 0. The third-order valence-corrected chi connectivity index (χ3v) is 1.08. The Balaban J connectivity index is -0.000000155. The average molecular weight is 226 g/mol. The van der Waals surface area contributed by atoms with Crippen LogP contribution in [0.1, 0.15) is 27.2 Å². The van der Waals surface area contributed by atoms with Gasteiger partial charge in [0.2, 0.25) is 0 Å². The van der Waals surface area contributed by atoms with Crippen molar-refractivity contribution in [2.45, 2.75) is 27.2 Å². The van der Waals surface area contributed by atoms with Gasteiger partial charge in [-0.1, -0.05) is 20.8 Å². The zero-order valence-electron chi connectivity index (χ0n) is 9.59. The molecule has 0 amide bonds. The molecule has 0 saturated carbocycles. The second-order valence-corrected chi connectivity index (χ2v) is 3.55. The third kappa shape index (κ3) is 41.5. The van der Waals surface area contributed by atoms with Crippen LogP contribution in [0.15, 0.2) is 0 Å². The molecule has 0 aromatic heterocycles. The van der Waals surface area contributed by atoms with Crippen LogP contribution in [0.25, 0.3) is 0 Å². The normalized spacial score (nSPS) is 9.40. The molecule has 6 N–H and O–H groups in total. The molecule has 0 heterocycles. The number of hydrogen-bond donors (Lipinski definition) is 6. The van der Waals surface area contributed by atoms with Gasteiger partial charge >= 0.3 is 7.32 Å². The van der Waals surface area contributed by atoms with Crippen LogP contribution < -0.4 is 0 Å². The second-order valence-electron chi connectivity index (χ2n) is 3.55. The lowest BCUT2D eigenvalue weighted by atomic mass is 9.97. The molecule has 0 aromatic carbocycles. The predicted octanol–water partition coefficient (Wildman–Crippen LogP) is -1.67. The highest BCUT2D eigenvalue weighted by Gasteiger charge is 2.13. The van der Waals surface area contributed by atoms with Crippen molar-refractivity contribution in [1.82, 2.24) is 0 Å². The van der Waals surface area contributed by atoms with Crippen LogP contribution in [-0.4, -0.2) is 57.5 Å². The third-order valence-electron chi connectivity index (χ3n) is 1.08. The van der Waals surface area contributed by atoms with E-state index < -0.39 is 7.32 Å². The van der Waals surface area contributed by atoms with Crippen molar-refractivity contribution in [2.24, 2.45) is 5.41 Å². The molecule has 0 radical (unpaired) electrons. The Hall–Kier alpha value is -0.175. The molecule has 0 spiro atoms. The summed E-state index contributed by atoms with van der Waals surface area (Å²) in [6.07, 6.45) is 0.875. The predicted molar refractivity (Wildman–Crippen MR) is 57.7 cm³/mol. The Kier molecular flexibility index (Phi) is 18.7. The highest BCUT2D eigenvalue weighted by atomic mass is 16.5. The number of rotatable bonds is 3. The molecule has 15 heavy (non-hydrogen) atoms. The molecular formula is C8H23BO6. The summed E-state index contributed by atoms with van der Waals surface area (Å²) in [6.45, 7) is 5.94. The van der Waals surface area contributed by atoms with E-state index in [1.165, 1.54) is 0 Å². The maximum absolute atomic E-state index is 8.43. The summed E-state index contributed by atoms with van der Waals surface area (Å²) >= 11 is 0. The molecule has 0 saturated heterocycles. The molecule has 94 valence electrons. The molecule has 0 aliphatic carbocycles. The molecule has 0 atom stereocenters. The summed E-state index contributed by atoms with van der Waals surface area (Å²) in [5.41, 5.74) is -0.306. The Morgan fingerprint density at radius 1 is 0.933 bits per heavy atom. The van der Waals surface area contributed by atoms with Gasteiger partial charge in [0.1, 0.15) is 0 Å². The SMILES string of the molecule is CC(C)(CO)CO.CCCO.OB(O)O. The molecule has 0 rings (SSSR count). The Morgan fingerprint density at radius 3 is 1.13 bits per heavy atom. The first-order chi connectivity index (χ1) is 6.77. The van der Waals surface area contributed by atoms with Gasteiger partial charge in [-0.15, -0.1) is 0 Å². The van der Waals surface area contributed by atoms with Gasteiger partial charge in [0.15, 0.2) is 0 Å². The van der Waals surface area contributed by atoms with Crippen molar-refractivity contribution in [1.29, 1.82) is 0 Å². The minimum absolute atomic E-state index is 0.0451. The van der Waals surface area contributed by atoms with E-state index in [4.69, 9.17) is 30.4 Å². The highest BCUT2D eigenvalue weighted by Crippen LogP contribution is 2.10. The molecule has 7 heteroatoms. The van der Waals surface area contributed by atoms with E-state index >= 15 is 0 Å². The van der Waals surface area contributed by atoms with Crippen molar-refractivity contribution in [3.63, 3.8) is 0 Å². The largest absolute Gasteiger partial charge is 0.631 e. The van der Waals surface area contributed by atoms with E-state index in [0.29, 0.717) is 6.61 Å². The van der Waals surface area contributed by atoms with E-state index in [0.717, 1.165) is 6.42 Å². The van der Waals surface area contributed by atoms with Crippen molar-refractivity contribution >= 4 is 7.32 Å². The lowest BCUT2D eigenvalue weighted by Crippen LogP contribution is -2.20. The zero-order valence-corrected chi connectivity index (χ0v) is 9.59. The van der Waals surface area contributed by atoms with Crippen LogP contribution in [0.3, 0.4) is 0 Å². The number of hydrogen-bond acceptors (Lipinski definition) is 6. The van der Waals surface area contributed by atoms with Gasteiger partial charge in [-0.2, -0.15) is 0 Å². The van der Waals surface area contributed by atoms with Gasteiger partial charge in [0, 0.05) is 12.0 Å². The first kappa shape index (κ1) is 20.3. The van der Waals surface area contributed by atoms with Crippen LogP contribution in [0.4, 0.5) is 0 Å². The highest BCUT2D eigenvalue weighted by molar-refractivity contribution is 6.30. The lowest BCUT2D eigenvalue weighted by Gasteiger charge is -2.16. The van der Waals surface area contributed by atoms with Crippen molar-refractivity contribution in [3.05, 3.63) is 0 Å². The Labute approximate surface area is 91.0 Å². The minimum Gasteiger partial charge on any atom is -0.402 e. The first-order valence-corrected chi connectivity index (χ1v) is 4.64. The van der Waals surface area contributed by atoms with E-state index in [1.807, 2.05) is 6.92 Å². The number of aliphatic hydroxyl groups is 3. The fourth-order valence-corrected chi connectivity index (χ4v) is 0.0500. The first-order valence-electron chi connectivity index (χ1n) is 4.64. The standard InChI is InChI=1S/C5H12O2.C3H8O.BH3O3/c1-5(2,3-6)4-7;1-2-3-4;2-1(3)4/h6-7H,3-4H2,1-2H3;4H,2-3H2,1H3;2-4H. The summed E-state index contributed by atoms with van der Waals surface area (Å²) in [4.78, 5) is 0. The second kappa shape index (κ2) is 13.8. The molecule has 0 fully saturated rings. The molecule has 0 aliphatic heterocycles. The van der Waals surface area contributed by atoms with Gasteiger partial charge in [0.05, 0.1) is 13.2 Å². The van der Waals surface area contributed by atoms with Crippen LogP contribution in [0.2, 0.25) is 0 Å². The summed E-state index contributed by atoms with van der Waals surface area (Å²) in [7, 11) is -2.17. The Bertz CT molecular complexity index is 98.6. The van der Waals surface area contributed by atoms with Crippen LogP contribution in [-0.2, 0) is 0 Å².